The molecule has 1 saturated carbocycles. The quantitative estimate of drug-likeness (QED) is 0.345. The fourth-order valence-corrected chi connectivity index (χ4v) is 0.606. The van der Waals surface area contributed by atoms with Crippen LogP contribution < -0.4 is 16.4 Å². The van der Waals surface area contributed by atoms with Crippen LogP contribution in [0.3, 0.4) is 0 Å². The van der Waals surface area contributed by atoms with Gasteiger partial charge in [0, 0.05) is 6.54 Å². The Morgan fingerprint density at radius 1 is 1.50 bits per heavy atom. The minimum absolute atomic E-state index is 0.941. The molecule has 1 rings (SSSR count). The first-order chi connectivity index (χ1) is 3.93. The van der Waals surface area contributed by atoms with E-state index in [0.29, 0.717) is 0 Å². The third-order valence-corrected chi connectivity index (χ3v) is 1.30. The molecule has 0 aliphatic heterocycles. The Labute approximate surface area is 49.8 Å². The lowest BCUT2D eigenvalue weighted by atomic mass is 10.4. The van der Waals surface area contributed by atoms with Crippen molar-refractivity contribution in [2.24, 2.45) is 5.92 Å². The molecule has 0 saturated heterocycles. The normalized spacial score (nSPS) is 19.1. The third-order valence-electron chi connectivity index (χ3n) is 1.30. The Morgan fingerprint density at radius 3 is 2.75 bits per heavy atom. The second kappa shape index (κ2) is 3.02. The smallest absolute Gasteiger partial charge is 0.0141 e. The molecule has 0 radical (unpaired) electrons. The van der Waals surface area contributed by atoms with E-state index < -0.39 is 0 Å². The Kier molecular flexibility index (Phi) is 2.27. The molecule has 0 unspecified atom stereocenters. The summed E-state index contributed by atoms with van der Waals surface area (Å²) in [7, 11) is 1.85. The molecule has 48 valence electrons. The highest BCUT2D eigenvalue weighted by Gasteiger charge is 2.19. The lowest BCUT2D eigenvalue weighted by Crippen LogP contribution is -2.41. The topological polar surface area (TPSA) is 36.1 Å². The first kappa shape index (κ1) is 6.01. The monoisotopic (exact) mass is 115 g/mol. The Bertz CT molecular complexity index is 60.7. The SMILES string of the molecule is CNNNCC1CC1. The fourth-order valence-electron chi connectivity index (χ4n) is 0.606. The summed E-state index contributed by atoms with van der Waals surface area (Å²) < 4.78 is 0. The molecule has 8 heavy (non-hydrogen) atoms. The van der Waals surface area contributed by atoms with Crippen LogP contribution in [0.5, 0.6) is 0 Å². The van der Waals surface area contributed by atoms with Crippen molar-refractivity contribution in [3.05, 3.63) is 0 Å². The molecule has 0 heterocycles. The predicted octanol–water partition coefficient (Wildman–Crippen LogP) is -0.375. The van der Waals surface area contributed by atoms with Gasteiger partial charge in [0.25, 0.3) is 0 Å². The van der Waals surface area contributed by atoms with Crippen LogP contribution in [0.25, 0.3) is 0 Å². The van der Waals surface area contributed by atoms with Gasteiger partial charge in [0.2, 0.25) is 0 Å². The van der Waals surface area contributed by atoms with Crippen LogP contribution in [0, 0.1) is 5.92 Å². The van der Waals surface area contributed by atoms with Crippen molar-refractivity contribution < 1.29 is 0 Å². The number of nitrogens with one attached hydrogen (secondary N) is 3. The number of hydrogen-bond donors (Lipinski definition) is 3. The summed E-state index contributed by atoms with van der Waals surface area (Å²) in [6.45, 7) is 1.10. The van der Waals surface area contributed by atoms with Gasteiger partial charge < -0.3 is 0 Å². The van der Waals surface area contributed by atoms with E-state index >= 15 is 0 Å². The Balaban J connectivity index is 1.74. The molecule has 3 N–H and O–H groups in total. The van der Waals surface area contributed by atoms with Crippen molar-refractivity contribution in [2.45, 2.75) is 12.8 Å². The van der Waals surface area contributed by atoms with Gasteiger partial charge in [0.1, 0.15) is 0 Å². The summed E-state index contributed by atoms with van der Waals surface area (Å²) in [5.74, 6) is 0.941. The highest BCUT2D eigenvalue weighted by Crippen LogP contribution is 2.27. The van der Waals surface area contributed by atoms with E-state index in [2.05, 4.69) is 16.4 Å². The zero-order valence-corrected chi connectivity index (χ0v) is 5.20. The molecule has 3 nitrogen and oxygen atoms in total. The van der Waals surface area contributed by atoms with E-state index in [9.17, 15) is 0 Å². The first-order valence-electron chi connectivity index (χ1n) is 3.08. The first-order valence-corrected chi connectivity index (χ1v) is 3.08. The van der Waals surface area contributed by atoms with Crippen molar-refractivity contribution in [2.75, 3.05) is 13.6 Å². The molecule has 0 aromatic heterocycles. The predicted molar refractivity (Wildman–Crippen MR) is 32.9 cm³/mol. The van der Waals surface area contributed by atoms with Gasteiger partial charge >= 0.3 is 0 Å². The van der Waals surface area contributed by atoms with Crippen molar-refractivity contribution in [1.29, 1.82) is 0 Å². The van der Waals surface area contributed by atoms with Crippen LogP contribution in [0.15, 0.2) is 0 Å². The van der Waals surface area contributed by atoms with E-state index in [1.165, 1.54) is 12.8 Å². The van der Waals surface area contributed by atoms with Gasteiger partial charge in [-0.3, -0.25) is 0 Å². The maximum atomic E-state index is 3.04. The molecule has 3 heteroatoms. The minimum Gasteiger partial charge on any atom is -0.247 e. The molecule has 0 aromatic carbocycles. The van der Waals surface area contributed by atoms with E-state index in [0.717, 1.165) is 12.5 Å². The largest absolute Gasteiger partial charge is 0.247 e. The van der Waals surface area contributed by atoms with Crippen LogP contribution in [-0.4, -0.2) is 13.6 Å². The van der Waals surface area contributed by atoms with E-state index in [1.54, 1.807) is 0 Å². The number of rotatable bonds is 4. The Morgan fingerprint density at radius 2 is 2.25 bits per heavy atom. The van der Waals surface area contributed by atoms with Gasteiger partial charge in [0.05, 0.1) is 0 Å². The number of hydrazine groups is 2. The molecule has 0 aromatic rings. The van der Waals surface area contributed by atoms with Crippen LogP contribution in [0.4, 0.5) is 0 Å². The Hall–Kier alpha value is -0.120. The summed E-state index contributed by atoms with van der Waals surface area (Å²) in [6.07, 6.45) is 2.80. The summed E-state index contributed by atoms with van der Waals surface area (Å²) in [5.41, 5.74) is 8.65. The maximum Gasteiger partial charge on any atom is 0.0141 e. The van der Waals surface area contributed by atoms with Gasteiger partial charge in [-0.05, 0) is 25.8 Å². The molecule has 0 spiro atoms. The van der Waals surface area contributed by atoms with E-state index in [-0.39, 0.29) is 0 Å². The second-order valence-electron chi connectivity index (χ2n) is 2.20. The van der Waals surface area contributed by atoms with Gasteiger partial charge in [0.15, 0.2) is 0 Å². The third kappa shape index (κ3) is 2.26. The van der Waals surface area contributed by atoms with Gasteiger partial charge in [-0.1, -0.05) is 0 Å². The summed E-state index contributed by atoms with van der Waals surface area (Å²) >= 11 is 0. The number of hydrogen-bond acceptors (Lipinski definition) is 3. The summed E-state index contributed by atoms with van der Waals surface area (Å²) in [6, 6.07) is 0. The maximum absolute atomic E-state index is 3.04. The molecular weight excluding hydrogens is 102 g/mol. The van der Waals surface area contributed by atoms with Gasteiger partial charge in [-0.2, -0.15) is 5.53 Å². The van der Waals surface area contributed by atoms with Gasteiger partial charge in [-0.25, -0.2) is 10.9 Å². The zero-order chi connectivity index (χ0) is 5.82. The highest BCUT2D eigenvalue weighted by molar-refractivity contribution is 4.73. The molecule has 1 fully saturated rings. The van der Waals surface area contributed by atoms with Crippen molar-refractivity contribution in [3.8, 4) is 0 Å². The molecular formula is C5H13N3. The van der Waals surface area contributed by atoms with Crippen molar-refractivity contribution >= 4 is 0 Å². The molecule has 0 bridgehead atoms. The van der Waals surface area contributed by atoms with Gasteiger partial charge in [-0.15, -0.1) is 0 Å². The van der Waals surface area contributed by atoms with Crippen LogP contribution in [0.1, 0.15) is 12.8 Å². The zero-order valence-electron chi connectivity index (χ0n) is 5.20. The molecule has 1 aliphatic carbocycles. The molecule has 0 atom stereocenters. The average Bonchev–Trinajstić information content (AvgIpc) is 2.51. The molecule has 0 amide bonds. The standard InChI is InChI=1S/C5H13N3/c1-6-8-7-4-5-2-3-5/h5-8H,2-4H2,1H3. The van der Waals surface area contributed by atoms with Crippen molar-refractivity contribution in [1.82, 2.24) is 16.4 Å². The summed E-state index contributed by atoms with van der Waals surface area (Å²) in [4.78, 5) is 0. The van der Waals surface area contributed by atoms with Crippen LogP contribution in [-0.2, 0) is 0 Å². The van der Waals surface area contributed by atoms with Crippen LogP contribution >= 0.6 is 0 Å². The van der Waals surface area contributed by atoms with E-state index in [4.69, 9.17) is 0 Å². The minimum atomic E-state index is 0.941. The lowest BCUT2D eigenvalue weighted by molar-refractivity contribution is 0.457. The lowest BCUT2D eigenvalue weighted by Gasteiger charge is -2.01. The highest BCUT2D eigenvalue weighted by atomic mass is 15.6. The second-order valence-corrected chi connectivity index (χ2v) is 2.20. The molecule has 1 aliphatic rings. The van der Waals surface area contributed by atoms with E-state index in [1.807, 2.05) is 7.05 Å². The van der Waals surface area contributed by atoms with Crippen LogP contribution in [0.2, 0.25) is 0 Å². The average molecular weight is 115 g/mol. The summed E-state index contributed by atoms with van der Waals surface area (Å²) in [5, 5.41) is 0. The fraction of sp³-hybridized carbons (Fsp3) is 1.00. The van der Waals surface area contributed by atoms with Crippen molar-refractivity contribution in [3.63, 3.8) is 0 Å².